The summed E-state index contributed by atoms with van der Waals surface area (Å²) >= 11 is 7.52. The molecule has 1 aromatic rings. The number of thiocarbonyl (C=S) groups is 1. The molecule has 1 N–H and O–H groups in total. The van der Waals surface area contributed by atoms with Gasteiger partial charge in [-0.2, -0.15) is 0 Å². The van der Waals surface area contributed by atoms with Gasteiger partial charge in [0.15, 0.2) is 0 Å². The molecule has 1 aromatic heterocycles. The first-order valence-electron chi connectivity index (χ1n) is 7.82. The summed E-state index contributed by atoms with van der Waals surface area (Å²) in [6.45, 7) is 7.12. The van der Waals surface area contributed by atoms with Gasteiger partial charge >= 0.3 is 11.9 Å². The van der Waals surface area contributed by atoms with Gasteiger partial charge in [0, 0.05) is 13.1 Å². The second kappa shape index (κ2) is 10.5. The molecule has 1 amide bonds. The molecule has 0 radical (unpaired) electrons. The normalized spacial score (nSPS) is 10.2. The topological polar surface area (TPSA) is 84.9 Å². The zero-order valence-electron chi connectivity index (χ0n) is 15.3. The number of esters is 2. The Morgan fingerprint density at radius 1 is 1.15 bits per heavy atom. The summed E-state index contributed by atoms with van der Waals surface area (Å²) in [6.07, 6.45) is 0. The molecule has 1 heterocycles. The Morgan fingerprint density at radius 2 is 1.73 bits per heavy atom. The van der Waals surface area contributed by atoms with Gasteiger partial charge in [0.05, 0.1) is 25.5 Å². The quantitative estimate of drug-likeness (QED) is 0.534. The second-order valence-electron chi connectivity index (χ2n) is 5.02. The minimum Gasteiger partial charge on any atom is -0.465 e. The molecule has 1 rings (SSSR count). The van der Waals surface area contributed by atoms with Crippen LogP contribution in [0.25, 0.3) is 0 Å². The third-order valence-electron chi connectivity index (χ3n) is 3.51. The molecule has 0 aliphatic rings. The molecule has 0 saturated carbocycles. The number of ether oxygens (including phenoxy) is 2. The van der Waals surface area contributed by atoms with Crippen LogP contribution in [0, 0.1) is 6.92 Å². The highest BCUT2D eigenvalue weighted by atomic mass is 32.2. The molecule has 10 heteroatoms. The second-order valence-corrected chi connectivity index (χ2v) is 7.65. The number of thioether (sulfide) groups is 1. The van der Waals surface area contributed by atoms with Crippen LogP contribution in [0.4, 0.5) is 5.00 Å². The molecule has 0 saturated heterocycles. The highest BCUT2D eigenvalue weighted by Crippen LogP contribution is 2.34. The monoisotopic (exact) mass is 418 g/mol. The predicted octanol–water partition coefficient (Wildman–Crippen LogP) is 2.93. The molecular weight excluding hydrogens is 396 g/mol. The van der Waals surface area contributed by atoms with E-state index >= 15 is 0 Å². The number of thiophene rings is 1. The van der Waals surface area contributed by atoms with Gasteiger partial charge in [0.1, 0.15) is 14.2 Å². The summed E-state index contributed by atoms with van der Waals surface area (Å²) in [7, 11) is 2.49. The zero-order valence-corrected chi connectivity index (χ0v) is 17.8. The first-order valence-corrected chi connectivity index (χ1v) is 10.0. The lowest BCUT2D eigenvalue weighted by Crippen LogP contribution is -2.28. The van der Waals surface area contributed by atoms with Crippen LogP contribution in [-0.2, 0) is 14.3 Å². The minimum absolute atomic E-state index is 0.0977. The molecule has 0 aromatic carbocycles. The Kier molecular flexibility index (Phi) is 9.03. The molecule has 144 valence electrons. The van der Waals surface area contributed by atoms with E-state index in [1.165, 1.54) is 26.0 Å². The summed E-state index contributed by atoms with van der Waals surface area (Å²) < 4.78 is 10.1. The molecule has 0 aliphatic carbocycles. The van der Waals surface area contributed by atoms with Crippen molar-refractivity contribution in [2.45, 2.75) is 20.8 Å². The van der Waals surface area contributed by atoms with E-state index in [0.29, 0.717) is 9.88 Å². The van der Waals surface area contributed by atoms with E-state index in [4.69, 9.17) is 21.7 Å². The maximum Gasteiger partial charge on any atom is 0.348 e. The smallest absolute Gasteiger partial charge is 0.348 e. The number of nitrogens with one attached hydrogen (secondary N) is 1. The average molecular weight is 419 g/mol. The fraction of sp³-hybridized carbons (Fsp3) is 0.500. The first-order chi connectivity index (χ1) is 12.3. The molecule has 0 fully saturated rings. The standard InChI is InChI=1S/C16H22N2O5S3/c1-6-18(7-2)16(24)25-8-10(19)17-13-11(14(20)22-4)9(3)12(26-13)15(21)23-5/h6-8H2,1-5H3,(H,17,19). The fourth-order valence-electron chi connectivity index (χ4n) is 2.10. The Hall–Kier alpha value is -1.65. The van der Waals surface area contributed by atoms with Gasteiger partial charge < -0.3 is 19.7 Å². The molecular formula is C16H22N2O5S3. The van der Waals surface area contributed by atoms with Crippen LogP contribution in [0.1, 0.15) is 39.4 Å². The van der Waals surface area contributed by atoms with Crippen LogP contribution in [0.5, 0.6) is 0 Å². The van der Waals surface area contributed by atoms with Gasteiger partial charge in [-0.25, -0.2) is 9.59 Å². The van der Waals surface area contributed by atoms with Gasteiger partial charge in [-0.05, 0) is 26.3 Å². The van der Waals surface area contributed by atoms with Gasteiger partial charge in [0.2, 0.25) is 5.91 Å². The van der Waals surface area contributed by atoms with Gasteiger partial charge in [-0.1, -0.05) is 24.0 Å². The summed E-state index contributed by atoms with van der Waals surface area (Å²) in [5.41, 5.74) is 0.567. The van der Waals surface area contributed by atoms with Crippen molar-refractivity contribution in [1.29, 1.82) is 0 Å². The van der Waals surface area contributed by atoms with Gasteiger partial charge in [-0.3, -0.25) is 4.79 Å². The van der Waals surface area contributed by atoms with Crippen LogP contribution in [0.2, 0.25) is 0 Å². The summed E-state index contributed by atoms with van der Waals surface area (Å²) in [6, 6.07) is 0. The number of methoxy groups -OCH3 is 2. The Bertz CT molecular complexity index is 698. The minimum atomic E-state index is -0.629. The van der Waals surface area contributed by atoms with Crippen LogP contribution in [-0.4, -0.2) is 60.1 Å². The highest BCUT2D eigenvalue weighted by Gasteiger charge is 2.26. The summed E-state index contributed by atoms with van der Waals surface area (Å²) in [5.74, 6) is -1.43. The van der Waals surface area contributed by atoms with E-state index in [1.807, 2.05) is 18.7 Å². The third-order valence-corrected chi connectivity index (χ3v) is 6.22. The number of nitrogens with zero attached hydrogens (tertiary/aromatic N) is 1. The van der Waals surface area contributed by atoms with E-state index in [0.717, 1.165) is 24.4 Å². The maximum atomic E-state index is 12.3. The zero-order chi connectivity index (χ0) is 19.9. The number of amides is 1. The van der Waals surface area contributed by atoms with E-state index < -0.39 is 11.9 Å². The number of hydrogen-bond donors (Lipinski definition) is 1. The lowest BCUT2D eigenvalue weighted by Gasteiger charge is -2.20. The van der Waals surface area contributed by atoms with Crippen molar-refractivity contribution in [3.63, 3.8) is 0 Å². The van der Waals surface area contributed by atoms with Crippen molar-refractivity contribution in [2.75, 3.05) is 38.4 Å². The van der Waals surface area contributed by atoms with E-state index in [9.17, 15) is 14.4 Å². The van der Waals surface area contributed by atoms with Crippen molar-refractivity contribution in [2.24, 2.45) is 0 Å². The Balaban J connectivity index is 2.94. The number of carbonyl (C=O) groups is 3. The van der Waals surface area contributed by atoms with Gasteiger partial charge in [-0.15, -0.1) is 11.3 Å². The van der Waals surface area contributed by atoms with Crippen molar-refractivity contribution in [1.82, 2.24) is 4.90 Å². The summed E-state index contributed by atoms with van der Waals surface area (Å²) in [4.78, 5) is 38.4. The number of carbonyl (C=O) groups excluding carboxylic acids is 3. The first kappa shape index (κ1) is 22.4. The molecule has 0 unspecified atom stereocenters. The molecule has 0 bridgehead atoms. The fourth-order valence-corrected chi connectivity index (χ4v) is 4.43. The molecule has 0 aliphatic heterocycles. The van der Waals surface area contributed by atoms with Crippen molar-refractivity contribution >= 4 is 62.5 Å². The SMILES string of the molecule is CCN(CC)C(=S)SCC(=O)Nc1sc(C(=O)OC)c(C)c1C(=O)OC. The third kappa shape index (κ3) is 5.42. The molecule has 0 atom stereocenters. The highest BCUT2D eigenvalue weighted by molar-refractivity contribution is 8.23. The van der Waals surface area contributed by atoms with Crippen molar-refractivity contribution in [3.8, 4) is 0 Å². The van der Waals surface area contributed by atoms with Crippen molar-refractivity contribution < 1.29 is 23.9 Å². The average Bonchev–Trinajstić information content (AvgIpc) is 2.95. The maximum absolute atomic E-state index is 12.3. The van der Waals surface area contributed by atoms with E-state index in [-0.39, 0.29) is 27.1 Å². The largest absolute Gasteiger partial charge is 0.465 e. The van der Waals surface area contributed by atoms with Crippen LogP contribution in [0.15, 0.2) is 0 Å². The lowest BCUT2D eigenvalue weighted by atomic mass is 10.1. The van der Waals surface area contributed by atoms with Crippen molar-refractivity contribution in [3.05, 3.63) is 16.0 Å². The predicted molar refractivity (Wildman–Crippen MR) is 108 cm³/mol. The van der Waals surface area contributed by atoms with E-state index in [2.05, 4.69) is 5.32 Å². The van der Waals surface area contributed by atoms with Crippen LogP contribution in [0.3, 0.4) is 0 Å². The van der Waals surface area contributed by atoms with Crippen LogP contribution >= 0.6 is 35.3 Å². The van der Waals surface area contributed by atoms with E-state index in [1.54, 1.807) is 6.92 Å². The van der Waals surface area contributed by atoms with Crippen LogP contribution < -0.4 is 5.32 Å². The Labute approximate surface area is 166 Å². The molecule has 7 nitrogen and oxygen atoms in total. The number of anilines is 1. The molecule has 26 heavy (non-hydrogen) atoms. The molecule has 0 spiro atoms. The number of rotatable bonds is 7. The number of hydrogen-bond acceptors (Lipinski definition) is 8. The van der Waals surface area contributed by atoms with Gasteiger partial charge in [0.25, 0.3) is 0 Å². The Morgan fingerprint density at radius 3 is 2.23 bits per heavy atom. The lowest BCUT2D eigenvalue weighted by molar-refractivity contribution is -0.113. The summed E-state index contributed by atoms with van der Waals surface area (Å²) in [5, 5.41) is 2.93.